The Labute approximate surface area is 99.4 Å². The third kappa shape index (κ3) is 4.12. The van der Waals surface area contributed by atoms with E-state index in [0.29, 0.717) is 24.9 Å². The van der Waals surface area contributed by atoms with Gasteiger partial charge in [-0.2, -0.15) is 0 Å². The summed E-state index contributed by atoms with van der Waals surface area (Å²) in [5, 5.41) is 0. The summed E-state index contributed by atoms with van der Waals surface area (Å²) in [7, 11) is 0. The van der Waals surface area contributed by atoms with Crippen molar-refractivity contribution in [2.24, 2.45) is 5.73 Å². The van der Waals surface area contributed by atoms with Crippen LogP contribution in [0.3, 0.4) is 0 Å². The van der Waals surface area contributed by atoms with Gasteiger partial charge < -0.3 is 10.6 Å². The number of hydrogen-bond donors (Lipinski definition) is 1. The summed E-state index contributed by atoms with van der Waals surface area (Å²) in [4.78, 5) is 14.1. The first-order valence-electron chi connectivity index (χ1n) is 6.79. The van der Waals surface area contributed by atoms with Crippen molar-refractivity contribution in [2.45, 2.75) is 64.3 Å². The fraction of sp³-hybridized carbons (Fsp3) is 0.923. The smallest absolute Gasteiger partial charge is 0.222 e. The third-order valence-corrected chi connectivity index (χ3v) is 3.52. The van der Waals surface area contributed by atoms with Crippen molar-refractivity contribution >= 4 is 5.91 Å². The Bertz CT molecular complexity index is 200. The minimum Gasteiger partial charge on any atom is -0.340 e. The van der Waals surface area contributed by atoms with Gasteiger partial charge in [0, 0.05) is 19.0 Å². The van der Waals surface area contributed by atoms with E-state index in [0.717, 1.165) is 19.4 Å². The number of carbonyl (C=O) groups excluding carboxylic acids is 1. The molecule has 1 amide bonds. The average molecular weight is 226 g/mol. The van der Waals surface area contributed by atoms with E-state index in [2.05, 4.69) is 11.8 Å². The van der Waals surface area contributed by atoms with Crippen LogP contribution in [0.15, 0.2) is 0 Å². The summed E-state index contributed by atoms with van der Waals surface area (Å²) in [6.07, 6.45) is 8.92. The van der Waals surface area contributed by atoms with E-state index < -0.39 is 0 Å². The van der Waals surface area contributed by atoms with E-state index >= 15 is 0 Å². The largest absolute Gasteiger partial charge is 0.340 e. The van der Waals surface area contributed by atoms with E-state index in [1.54, 1.807) is 0 Å². The molecule has 0 aromatic carbocycles. The van der Waals surface area contributed by atoms with Gasteiger partial charge in [-0.15, -0.1) is 0 Å². The predicted molar refractivity (Wildman–Crippen MR) is 67.2 cm³/mol. The molecule has 0 spiro atoms. The molecule has 0 aromatic heterocycles. The van der Waals surface area contributed by atoms with Gasteiger partial charge in [-0.25, -0.2) is 0 Å². The van der Waals surface area contributed by atoms with E-state index in [9.17, 15) is 4.79 Å². The van der Waals surface area contributed by atoms with Crippen molar-refractivity contribution in [1.29, 1.82) is 0 Å². The molecule has 0 unspecified atom stereocenters. The van der Waals surface area contributed by atoms with Gasteiger partial charge in [-0.3, -0.25) is 4.79 Å². The lowest BCUT2D eigenvalue weighted by Gasteiger charge is -2.33. The standard InChI is InChI=1S/C13H26N2O/c1-2-15(12-8-4-3-5-9-12)13(16)10-6-7-11-14/h12H,2-11,14H2,1H3. The SMILES string of the molecule is CCN(C(=O)CCCCN)C1CCCCC1. The molecule has 94 valence electrons. The molecule has 1 aliphatic carbocycles. The molecule has 3 nitrogen and oxygen atoms in total. The highest BCUT2D eigenvalue weighted by molar-refractivity contribution is 5.76. The highest BCUT2D eigenvalue weighted by Gasteiger charge is 2.23. The molecular formula is C13H26N2O. The fourth-order valence-corrected chi connectivity index (χ4v) is 2.60. The van der Waals surface area contributed by atoms with Crippen molar-refractivity contribution in [2.75, 3.05) is 13.1 Å². The van der Waals surface area contributed by atoms with Gasteiger partial charge in [-0.05, 0) is 39.2 Å². The monoisotopic (exact) mass is 226 g/mol. The first-order valence-corrected chi connectivity index (χ1v) is 6.79. The number of unbranched alkanes of at least 4 members (excludes halogenated alkanes) is 1. The van der Waals surface area contributed by atoms with Gasteiger partial charge in [0.15, 0.2) is 0 Å². The molecule has 0 radical (unpaired) electrons. The summed E-state index contributed by atoms with van der Waals surface area (Å²) in [5.41, 5.74) is 5.44. The highest BCUT2D eigenvalue weighted by atomic mass is 16.2. The third-order valence-electron chi connectivity index (χ3n) is 3.52. The average Bonchev–Trinajstić information content (AvgIpc) is 2.32. The molecule has 3 heteroatoms. The maximum atomic E-state index is 12.0. The number of nitrogens with zero attached hydrogens (tertiary/aromatic N) is 1. The summed E-state index contributed by atoms with van der Waals surface area (Å²) in [5.74, 6) is 0.336. The first kappa shape index (κ1) is 13.5. The Morgan fingerprint density at radius 2 is 1.94 bits per heavy atom. The zero-order valence-electron chi connectivity index (χ0n) is 10.6. The van der Waals surface area contributed by atoms with Crippen LogP contribution < -0.4 is 5.73 Å². The molecule has 1 fully saturated rings. The van der Waals surface area contributed by atoms with Crippen molar-refractivity contribution in [1.82, 2.24) is 4.90 Å². The van der Waals surface area contributed by atoms with Gasteiger partial charge >= 0.3 is 0 Å². The zero-order chi connectivity index (χ0) is 11.8. The second-order valence-electron chi connectivity index (χ2n) is 4.72. The zero-order valence-corrected chi connectivity index (χ0v) is 10.6. The molecule has 1 aliphatic rings. The van der Waals surface area contributed by atoms with Gasteiger partial charge in [0.2, 0.25) is 5.91 Å². The Kier molecular flexibility index (Phi) is 6.46. The van der Waals surface area contributed by atoms with Gasteiger partial charge in [0.1, 0.15) is 0 Å². The Morgan fingerprint density at radius 3 is 2.50 bits per heavy atom. The molecular weight excluding hydrogens is 200 g/mol. The van der Waals surface area contributed by atoms with Crippen molar-refractivity contribution in [3.8, 4) is 0 Å². The lowest BCUT2D eigenvalue weighted by Crippen LogP contribution is -2.41. The van der Waals surface area contributed by atoms with Crippen molar-refractivity contribution in [3.63, 3.8) is 0 Å². The highest BCUT2D eigenvalue weighted by Crippen LogP contribution is 2.23. The first-order chi connectivity index (χ1) is 7.79. The minimum absolute atomic E-state index is 0.336. The maximum Gasteiger partial charge on any atom is 0.222 e. The Morgan fingerprint density at radius 1 is 1.25 bits per heavy atom. The number of hydrogen-bond acceptors (Lipinski definition) is 2. The van der Waals surface area contributed by atoms with Crippen LogP contribution in [-0.4, -0.2) is 29.9 Å². The van der Waals surface area contributed by atoms with Gasteiger partial charge in [0.05, 0.1) is 0 Å². The van der Waals surface area contributed by atoms with Crippen LogP contribution in [0.1, 0.15) is 58.3 Å². The minimum atomic E-state index is 0.336. The Hall–Kier alpha value is -0.570. The summed E-state index contributed by atoms with van der Waals surface area (Å²) in [6.45, 7) is 3.66. The second-order valence-corrected chi connectivity index (χ2v) is 4.72. The molecule has 16 heavy (non-hydrogen) atoms. The molecule has 0 saturated heterocycles. The topological polar surface area (TPSA) is 46.3 Å². The quantitative estimate of drug-likeness (QED) is 0.706. The molecule has 0 heterocycles. The summed E-state index contributed by atoms with van der Waals surface area (Å²) < 4.78 is 0. The lowest BCUT2D eigenvalue weighted by molar-refractivity contribution is -0.134. The second kappa shape index (κ2) is 7.66. The summed E-state index contributed by atoms with van der Waals surface area (Å²) in [6, 6.07) is 0.518. The molecule has 0 aromatic rings. The maximum absolute atomic E-state index is 12.0. The van der Waals surface area contributed by atoms with Gasteiger partial charge in [-0.1, -0.05) is 19.3 Å². The van der Waals surface area contributed by atoms with E-state index in [1.807, 2.05) is 0 Å². The molecule has 2 N–H and O–H groups in total. The van der Waals surface area contributed by atoms with Crippen molar-refractivity contribution in [3.05, 3.63) is 0 Å². The molecule has 0 atom stereocenters. The van der Waals surface area contributed by atoms with Crippen molar-refractivity contribution < 1.29 is 4.79 Å². The number of amides is 1. The summed E-state index contributed by atoms with van der Waals surface area (Å²) >= 11 is 0. The van der Waals surface area contributed by atoms with E-state index in [4.69, 9.17) is 5.73 Å². The molecule has 0 aliphatic heterocycles. The van der Waals surface area contributed by atoms with E-state index in [-0.39, 0.29) is 0 Å². The van der Waals surface area contributed by atoms with Crippen LogP contribution in [0.2, 0.25) is 0 Å². The lowest BCUT2D eigenvalue weighted by atomic mass is 9.94. The van der Waals surface area contributed by atoms with Crippen LogP contribution in [0.5, 0.6) is 0 Å². The van der Waals surface area contributed by atoms with Crippen LogP contribution in [0.25, 0.3) is 0 Å². The normalized spacial score (nSPS) is 17.4. The fourth-order valence-electron chi connectivity index (χ4n) is 2.60. The Balaban J connectivity index is 2.35. The van der Waals surface area contributed by atoms with Gasteiger partial charge in [0.25, 0.3) is 0 Å². The van der Waals surface area contributed by atoms with E-state index in [1.165, 1.54) is 32.1 Å². The molecule has 1 rings (SSSR count). The van der Waals surface area contributed by atoms with Crippen LogP contribution in [-0.2, 0) is 4.79 Å². The molecule has 1 saturated carbocycles. The number of rotatable bonds is 6. The van der Waals surface area contributed by atoms with Crippen LogP contribution >= 0.6 is 0 Å². The number of nitrogens with two attached hydrogens (primary N) is 1. The predicted octanol–water partition coefficient (Wildman–Crippen LogP) is 2.30. The molecule has 0 bridgehead atoms. The number of carbonyl (C=O) groups is 1. The van der Waals surface area contributed by atoms with Crippen LogP contribution in [0, 0.1) is 0 Å². The van der Waals surface area contributed by atoms with Crippen LogP contribution in [0.4, 0.5) is 0 Å².